The summed E-state index contributed by atoms with van der Waals surface area (Å²) in [5, 5.41) is 3.40. The first kappa shape index (κ1) is 17.0. The molecule has 130 valence electrons. The molecule has 0 spiro atoms. The lowest BCUT2D eigenvalue weighted by Gasteiger charge is -2.41. The van der Waals surface area contributed by atoms with Crippen LogP contribution in [0.5, 0.6) is 5.75 Å². The fraction of sp³-hybridized carbons (Fsp3) is 0.529. The first-order valence-electron chi connectivity index (χ1n) is 8.29. The number of carbonyl (C=O) groups is 2. The Morgan fingerprint density at radius 3 is 2.83 bits per heavy atom. The van der Waals surface area contributed by atoms with E-state index in [1.54, 1.807) is 11.0 Å². The Bertz CT molecular complexity index is 619. The molecule has 2 heterocycles. The highest BCUT2D eigenvalue weighted by atomic mass is 35.5. The van der Waals surface area contributed by atoms with E-state index < -0.39 is 0 Å². The number of ether oxygens (including phenoxy) is 1. The van der Waals surface area contributed by atoms with Crippen LogP contribution in [0.2, 0.25) is 5.02 Å². The second kappa shape index (κ2) is 7.40. The van der Waals surface area contributed by atoms with Gasteiger partial charge in [0.1, 0.15) is 11.9 Å². The molecule has 2 saturated heterocycles. The van der Waals surface area contributed by atoms with Crippen molar-refractivity contribution in [3.8, 4) is 5.75 Å². The van der Waals surface area contributed by atoms with Gasteiger partial charge in [0.25, 0.3) is 0 Å². The number of hydrogen-bond donors (Lipinski definition) is 1. The van der Waals surface area contributed by atoms with Crippen molar-refractivity contribution >= 4 is 23.4 Å². The van der Waals surface area contributed by atoms with Gasteiger partial charge in [-0.25, -0.2) is 0 Å². The van der Waals surface area contributed by atoms with Gasteiger partial charge in [-0.2, -0.15) is 0 Å². The summed E-state index contributed by atoms with van der Waals surface area (Å²) in [4.78, 5) is 28.2. The minimum Gasteiger partial charge on any atom is -0.485 e. The number of para-hydroxylation sites is 1. The normalized spacial score (nSPS) is 22.0. The van der Waals surface area contributed by atoms with Crippen LogP contribution in [0, 0.1) is 0 Å². The summed E-state index contributed by atoms with van der Waals surface area (Å²) in [6, 6.07) is 6.95. The Balaban J connectivity index is 1.49. The van der Waals surface area contributed by atoms with Gasteiger partial charge < -0.3 is 15.0 Å². The Morgan fingerprint density at radius 1 is 1.38 bits per heavy atom. The first-order valence-corrected chi connectivity index (χ1v) is 8.67. The van der Waals surface area contributed by atoms with Crippen LogP contribution in [0.4, 0.5) is 0 Å². The van der Waals surface area contributed by atoms with Crippen molar-refractivity contribution in [1.82, 2.24) is 15.1 Å². The first-order chi connectivity index (χ1) is 11.6. The van der Waals surface area contributed by atoms with Crippen molar-refractivity contribution in [2.24, 2.45) is 0 Å². The lowest BCUT2D eigenvalue weighted by Crippen LogP contribution is -2.60. The average Bonchev–Trinajstić information content (AvgIpc) is 2.53. The quantitative estimate of drug-likeness (QED) is 0.864. The number of piperazine rings is 1. The van der Waals surface area contributed by atoms with Crippen LogP contribution in [0.3, 0.4) is 0 Å². The molecule has 2 aliphatic rings. The van der Waals surface area contributed by atoms with Gasteiger partial charge in [-0.15, -0.1) is 0 Å². The maximum atomic E-state index is 12.4. The number of carbonyl (C=O) groups excluding carboxylic acids is 2. The fourth-order valence-electron chi connectivity index (χ4n) is 3.09. The molecular formula is C17H22ClN3O3. The van der Waals surface area contributed by atoms with Crippen LogP contribution in [-0.4, -0.2) is 66.5 Å². The number of halogens is 1. The highest BCUT2D eigenvalue weighted by molar-refractivity contribution is 6.32. The molecule has 0 unspecified atom stereocenters. The highest BCUT2D eigenvalue weighted by Gasteiger charge is 2.37. The molecule has 24 heavy (non-hydrogen) atoms. The minimum absolute atomic E-state index is 0.00508. The molecule has 7 heteroatoms. The lowest BCUT2D eigenvalue weighted by molar-refractivity contribution is -0.145. The molecule has 1 aromatic rings. The summed E-state index contributed by atoms with van der Waals surface area (Å²) in [6.07, 6.45) is 0.176. The molecule has 0 radical (unpaired) electrons. The molecular weight excluding hydrogens is 330 g/mol. The maximum absolute atomic E-state index is 12.4. The molecule has 2 aliphatic heterocycles. The SMILES string of the molecule is CCN1CCNC(=O)[C@H]1CC(=O)N1CC(Oc2ccccc2Cl)C1. The van der Waals surface area contributed by atoms with E-state index in [9.17, 15) is 9.59 Å². The number of likely N-dealkylation sites (tertiary alicyclic amines) is 1. The average molecular weight is 352 g/mol. The van der Waals surface area contributed by atoms with Gasteiger partial charge in [0, 0.05) is 13.1 Å². The van der Waals surface area contributed by atoms with Crippen molar-refractivity contribution in [2.75, 3.05) is 32.7 Å². The topological polar surface area (TPSA) is 61.9 Å². The van der Waals surface area contributed by atoms with Crippen LogP contribution < -0.4 is 10.1 Å². The zero-order chi connectivity index (χ0) is 17.1. The third kappa shape index (κ3) is 3.65. The minimum atomic E-state index is -0.361. The zero-order valence-corrected chi connectivity index (χ0v) is 14.5. The van der Waals surface area contributed by atoms with Crippen LogP contribution >= 0.6 is 11.6 Å². The predicted molar refractivity (Wildman–Crippen MR) is 91.1 cm³/mol. The van der Waals surface area contributed by atoms with Crippen molar-refractivity contribution < 1.29 is 14.3 Å². The summed E-state index contributed by atoms with van der Waals surface area (Å²) < 4.78 is 5.80. The van der Waals surface area contributed by atoms with Crippen LogP contribution in [0.15, 0.2) is 24.3 Å². The zero-order valence-electron chi connectivity index (χ0n) is 13.7. The van der Waals surface area contributed by atoms with Gasteiger partial charge in [0.15, 0.2) is 0 Å². The fourth-order valence-corrected chi connectivity index (χ4v) is 3.27. The van der Waals surface area contributed by atoms with E-state index >= 15 is 0 Å². The summed E-state index contributed by atoms with van der Waals surface area (Å²) in [5.41, 5.74) is 0. The summed E-state index contributed by atoms with van der Waals surface area (Å²) in [6.45, 7) is 5.28. The van der Waals surface area contributed by atoms with Gasteiger partial charge in [-0.05, 0) is 18.7 Å². The number of rotatable bonds is 5. The molecule has 0 aliphatic carbocycles. The van der Waals surface area contributed by atoms with E-state index in [4.69, 9.17) is 16.3 Å². The number of amides is 2. The van der Waals surface area contributed by atoms with Gasteiger partial charge in [-0.3, -0.25) is 14.5 Å². The third-order valence-corrected chi connectivity index (χ3v) is 4.86. The number of nitrogens with one attached hydrogen (secondary N) is 1. The molecule has 0 saturated carbocycles. The third-order valence-electron chi connectivity index (χ3n) is 4.55. The molecule has 6 nitrogen and oxygen atoms in total. The standard InChI is InChI=1S/C17H22ClN3O3/c1-2-20-8-7-19-17(23)14(20)9-16(22)21-10-12(11-21)24-15-6-4-3-5-13(15)18/h3-6,12,14H,2,7-11H2,1H3,(H,19,23)/t14-/m1/s1. The monoisotopic (exact) mass is 351 g/mol. The van der Waals surface area contributed by atoms with Crippen molar-refractivity contribution in [2.45, 2.75) is 25.5 Å². The van der Waals surface area contributed by atoms with Crippen molar-refractivity contribution in [3.05, 3.63) is 29.3 Å². The number of likely N-dealkylation sites (N-methyl/N-ethyl adjacent to an activating group) is 1. The van der Waals surface area contributed by atoms with Crippen molar-refractivity contribution in [1.29, 1.82) is 0 Å². The second-order valence-corrected chi connectivity index (χ2v) is 6.52. The molecule has 0 bridgehead atoms. The number of hydrogen-bond acceptors (Lipinski definition) is 4. The predicted octanol–water partition coefficient (Wildman–Crippen LogP) is 1.14. The second-order valence-electron chi connectivity index (χ2n) is 6.11. The lowest BCUT2D eigenvalue weighted by atomic mass is 10.1. The molecule has 3 rings (SSSR count). The van der Waals surface area contributed by atoms with Gasteiger partial charge in [-0.1, -0.05) is 30.7 Å². The Hall–Kier alpha value is -1.79. The Kier molecular flexibility index (Phi) is 5.26. The number of benzene rings is 1. The van der Waals surface area contributed by atoms with Crippen LogP contribution in [0.25, 0.3) is 0 Å². The summed E-state index contributed by atoms with van der Waals surface area (Å²) in [7, 11) is 0. The van der Waals surface area contributed by atoms with E-state index in [0.717, 1.165) is 13.1 Å². The van der Waals surface area contributed by atoms with Gasteiger partial charge in [0.05, 0.1) is 30.6 Å². The molecule has 1 atom stereocenters. The molecule has 0 aromatic heterocycles. The molecule has 2 fully saturated rings. The molecule has 2 amide bonds. The van der Waals surface area contributed by atoms with Gasteiger partial charge >= 0.3 is 0 Å². The highest BCUT2D eigenvalue weighted by Crippen LogP contribution is 2.26. The smallest absolute Gasteiger partial charge is 0.237 e. The maximum Gasteiger partial charge on any atom is 0.237 e. The van der Waals surface area contributed by atoms with E-state index in [2.05, 4.69) is 5.32 Å². The van der Waals surface area contributed by atoms with E-state index in [0.29, 0.717) is 30.4 Å². The van der Waals surface area contributed by atoms with E-state index in [1.807, 2.05) is 30.0 Å². The van der Waals surface area contributed by atoms with E-state index in [-0.39, 0.29) is 30.4 Å². The van der Waals surface area contributed by atoms with Gasteiger partial charge in [0.2, 0.25) is 11.8 Å². The summed E-state index contributed by atoms with van der Waals surface area (Å²) >= 11 is 6.07. The molecule has 1 N–H and O–H groups in total. The largest absolute Gasteiger partial charge is 0.485 e. The number of nitrogens with zero attached hydrogens (tertiary/aromatic N) is 2. The van der Waals surface area contributed by atoms with Crippen LogP contribution in [0.1, 0.15) is 13.3 Å². The Labute approximate surface area is 146 Å². The van der Waals surface area contributed by atoms with Crippen molar-refractivity contribution in [3.63, 3.8) is 0 Å². The van der Waals surface area contributed by atoms with E-state index in [1.165, 1.54) is 0 Å². The molecule has 1 aromatic carbocycles. The summed E-state index contributed by atoms with van der Waals surface area (Å²) in [5.74, 6) is 0.579. The Morgan fingerprint density at radius 2 is 2.12 bits per heavy atom. The van der Waals surface area contributed by atoms with Crippen LogP contribution in [-0.2, 0) is 9.59 Å².